The number of nitrogen functional groups attached to an aromatic ring is 1. The predicted octanol–water partition coefficient (Wildman–Crippen LogP) is 3.35. The van der Waals surface area contributed by atoms with Crippen LogP contribution in [0.25, 0.3) is 32.0 Å². The van der Waals surface area contributed by atoms with E-state index >= 15 is 0 Å². The molecule has 7 heteroatoms. The third kappa shape index (κ3) is 2.30. The van der Waals surface area contributed by atoms with E-state index < -0.39 is 0 Å². The summed E-state index contributed by atoms with van der Waals surface area (Å²) in [5.74, 6) is 1.32. The number of benzene rings is 1. The van der Waals surface area contributed by atoms with E-state index in [2.05, 4.69) is 15.0 Å². The fraction of sp³-hybridized carbons (Fsp3) is 0.118. The van der Waals surface area contributed by atoms with Crippen molar-refractivity contribution in [2.24, 2.45) is 7.05 Å². The van der Waals surface area contributed by atoms with Gasteiger partial charge in [0.05, 0.1) is 35.1 Å². The molecule has 0 radical (unpaired) electrons. The topological polar surface area (TPSA) is 78.9 Å². The van der Waals surface area contributed by atoms with Crippen LogP contribution in [0.4, 0.5) is 5.82 Å². The van der Waals surface area contributed by atoms with Gasteiger partial charge in [-0.1, -0.05) is 0 Å². The van der Waals surface area contributed by atoms with E-state index in [1.807, 2.05) is 48.3 Å². The molecule has 120 valence electrons. The molecule has 0 bridgehead atoms. The Kier molecular flexibility index (Phi) is 3.42. The number of ether oxygens (including phenoxy) is 1. The molecule has 0 aliphatic carbocycles. The van der Waals surface area contributed by atoms with Gasteiger partial charge in [0.2, 0.25) is 0 Å². The minimum absolute atomic E-state index is 0.496. The molecule has 0 spiro atoms. The molecule has 3 aromatic heterocycles. The van der Waals surface area contributed by atoms with Crippen LogP contribution in [0.2, 0.25) is 0 Å². The molecule has 0 saturated carbocycles. The molecule has 0 saturated heterocycles. The first-order chi connectivity index (χ1) is 11.7. The van der Waals surface area contributed by atoms with E-state index in [4.69, 9.17) is 10.5 Å². The molecule has 6 nitrogen and oxygen atoms in total. The lowest BCUT2D eigenvalue weighted by Gasteiger charge is -2.05. The normalized spacial score (nSPS) is 11.1. The van der Waals surface area contributed by atoms with Crippen LogP contribution in [0.15, 0.2) is 43.0 Å². The molecule has 1 aromatic carbocycles. The standard InChI is InChI=1S/C17H15N5OS/c1-22-9-21-14(10-3-5-11(23-2)6-4-10)15(22)13-7-12-16(18)19-8-20-17(12)24-13/h3-9H,1-2H3,(H2,18,19,20). The molecule has 4 rings (SSSR count). The number of fused-ring (bicyclic) bond motifs is 1. The number of rotatable bonds is 3. The summed E-state index contributed by atoms with van der Waals surface area (Å²) >= 11 is 1.58. The van der Waals surface area contributed by atoms with E-state index in [0.29, 0.717) is 5.82 Å². The van der Waals surface area contributed by atoms with Crippen LogP contribution in [0.1, 0.15) is 0 Å². The summed E-state index contributed by atoms with van der Waals surface area (Å²) < 4.78 is 7.23. The Hall–Kier alpha value is -2.93. The van der Waals surface area contributed by atoms with Crippen LogP contribution in [-0.4, -0.2) is 26.6 Å². The van der Waals surface area contributed by atoms with Gasteiger partial charge in [-0.05, 0) is 30.3 Å². The molecule has 0 unspecified atom stereocenters. The fourth-order valence-corrected chi connectivity index (χ4v) is 3.77. The van der Waals surface area contributed by atoms with Gasteiger partial charge >= 0.3 is 0 Å². The molecule has 24 heavy (non-hydrogen) atoms. The number of aromatic nitrogens is 4. The van der Waals surface area contributed by atoms with Crippen molar-refractivity contribution in [3.63, 3.8) is 0 Å². The van der Waals surface area contributed by atoms with Gasteiger partial charge in [0.25, 0.3) is 0 Å². The van der Waals surface area contributed by atoms with E-state index in [0.717, 1.165) is 37.8 Å². The lowest BCUT2D eigenvalue weighted by atomic mass is 10.1. The van der Waals surface area contributed by atoms with Gasteiger partial charge in [0, 0.05) is 12.6 Å². The smallest absolute Gasteiger partial charge is 0.135 e. The number of thiophene rings is 1. The predicted molar refractivity (Wildman–Crippen MR) is 96.0 cm³/mol. The van der Waals surface area contributed by atoms with Crippen molar-refractivity contribution in [1.82, 2.24) is 19.5 Å². The van der Waals surface area contributed by atoms with Gasteiger partial charge in [-0.25, -0.2) is 15.0 Å². The Morgan fingerprint density at radius 1 is 1.12 bits per heavy atom. The highest BCUT2D eigenvalue weighted by Gasteiger charge is 2.17. The first kappa shape index (κ1) is 14.6. The minimum Gasteiger partial charge on any atom is -0.497 e. The minimum atomic E-state index is 0.496. The highest BCUT2D eigenvalue weighted by molar-refractivity contribution is 7.21. The zero-order chi connectivity index (χ0) is 16.7. The van der Waals surface area contributed by atoms with Crippen LogP contribution in [0.3, 0.4) is 0 Å². The molecule has 0 amide bonds. The third-order valence-electron chi connectivity index (χ3n) is 3.89. The number of imidazole rings is 1. The van der Waals surface area contributed by atoms with Crippen LogP contribution >= 0.6 is 11.3 Å². The largest absolute Gasteiger partial charge is 0.497 e. The van der Waals surface area contributed by atoms with Crippen molar-refractivity contribution >= 4 is 27.4 Å². The summed E-state index contributed by atoms with van der Waals surface area (Å²) in [6.45, 7) is 0. The third-order valence-corrected chi connectivity index (χ3v) is 4.94. The Morgan fingerprint density at radius 3 is 2.62 bits per heavy atom. The SMILES string of the molecule is COc1ccc(-c2ncn(C)c2-c2cc3c(N)ncnc3s2)cc1. The Morgan fingerprint density at radius 2 is 1.92 bits per heavy atom. The maximum Gasteiger partial charge on any atom is 0.135 e. The van der Waals surface area contributed by atoms with Gasteiger partial charge in [-0.15, -0.1) is 11.3 Å². The van der Waals surface area contributed by atoms with Crippen molar-refractivity contribution < 1.29 is 4.74 Å². The van der Waals surface area contributed by atoms with Crippen molar-refractivity contribution in [1.29, 1.82) is 0 Å². The molecule has 0 atom stereocenters. The van der Waals surface area contributed by atoms with Crippen molar-refractivity contribution in [3.05, 3.63) is 43.0 Å². The molecule has 4 aromatic rings. The van der Waals surface area contributed by atoms with Crippen molar-refractivity contribution in [2.75, 3.05) is 12.8 Å². The van der Waals surface area contributed by atoms with E-state index in [9.17, 15) is 0 Å². The highest BCUT2D eigenvalue weighted by Crippen LogP contribution is 2.38. The maximum atomic E-state index is 5.96. The van der Waals surface area contributed by atoms with E-state index in [1.54, 1.807) is 18.4 Å². The van der Waals surface area contributed by atoms with Crippen LogP contribution in [0, 0.1) is 0 Å². The van der Waals surface area contributed by atoms with Crippen LogP contribution < -0.4 is 10.5 Å². The average Bonchev–Trinajstić information content (AvgIpc) is 3.19. The summed E-state index contributed by atoms with van der Waals surface area (Å²) in [5.41, 5.74) is 8.94. The molecule has 0 fully saturated rings. The number of nitrogens with two attached hydrogens (primary N) is 1. The summed E-state index contributed by atoms with van der Waals surface area (Å²) in [6.07, 6.45) is 3.31. The summed E-state index contributed by atoms with van der Waals surface area (Å²) in [5, 5.41) is 0.874. The van der Waals surface area contributed by atoms with Gasteiger partial charge in [0.15, 0.2) is 0 Å². The number of hydrogen-bond donors (Lipinski definition) is 1. The number of hydrogen-bond acceptors (Lipinski definition) is 6. The first-order valence-electron chi connectivity index (χ1n) is 7.33. The van der Waals surface area contributed by atoms with Gasteiger partial charge in [-0.3, -0.25) is 0 Å². The van der Waals surface area contributed by atoms with Crippen molar-refractivity contribution in [2.45, 2.75) is 0 Å². The molecule has 0 aliphatic heterocycles. The molecule has 0 aliphatic rings. The lowest BCUT2D eigenvalue weighted by Crippen LogP contribution is -1.90. The Labute approximate surface area is 142 Å². The quantitative estimate of drug-likeness (QED) is 0.620. The number of anilines is 1. The van der Waals surface area contributed by atoms with Gasteiger partial charge in [0.1, 0.15) is 22.7 Å². The van der Waals surface area contributed by atoms with Crippen LogP contribution in [0.5, 0.6) is 5.75 Å². The first-order valence-corrected chi connectivity index (χ1v) is 8.15. The summed E-state index contributed by atoms with van der Waals surface area (Å²) in [6, 6.07) is 9.90. The zero-order valence-corrected chi connectivity index (χ0v) is 14.0. The fourth-order valence-electron chi connectivity index (χ4n) is 2.67. The van der Waals surface area contributed by atoms with E-state index in [1.165, 1.54) is 6.33 Å². The molecule has 3 heterocycles. The summed E-state index contributed by atoms with van der Waals surface area (Å²) in [4.78, 5) is 14.9. The highest BCUT2D eigenvalue weighted by atomic mass is 32.1. The molecular weight excluding hydrogens is 322 g/mol. The second-order valence-corrected chi connectivity index (χ2v) is 6.40. The second-order valence-electron chi connectivity index (χ2n) is 5.37. The second kappa shape index (κ2) is 5.61. The zero-order valence-electron chi connectivity index (χ0n) is 13.2. The van der Waals surface area contributed by atoms with Crippen LogP contribution in [-0.2, 0) is 7.05 Å². The number of methoxy groups -OCH3 is 1. The maximum absolute atomic E-state index is 5.96. The average molecular weight is 337 g/mol. The van der Waals surface area contributed by atoms with E-state index in [-0.39, 0.29) is 0 Å². The Balaban J connectivity index is 1.88. The number of nitrogens with zero attached hydrogens (tertiary/aromatic N) is 4. The van der Waals surface area contributed by atoms with Gasteiger partial charge in [-0.2, -0.15) is 0 Å². The molecule has 2 N–H and O–H groups in total. The Bertz CT molecular complexity index is 1020. The molecular formula is C17H15N5OS. The summed E-state index contributed by atoms with van der Waals surface area (Å²) in [7, 11) is 3.64. The lowest BCUT2D eigenvalue weighted by molar-refractivity contribution is 0.415. The van der Waals surface area contributed by atoms with Crippen molar-refractivity contribution in [3.8, 4) is 27.6 Å². The number of aryl methyl sites for hydroxylation is 1. The van der Waals surface area contributed by atoms with Gasteiger partial charge < -0.3 is 15.0 Å². The monoisotopic (exact) mass is 337 g/mol.